The van der Waals surface area contributed by atoms with Crippen LogP contribution in [-0.2, 0) is 0 Å². The van der Waals surface area contributed by atoms with Crippen molar-refractivity contribution >= 4 is 17.3 Å². The SMILES string of the molecule is COc1cc(N2CCC(N3CCNCC3)CC2)c(OC)cc1Nc1nccc(-c2ccc3c(c2)OCCO3)n1. The highest BCUT2D eigenvalue weighted by molar-refractivity contribution is 5.75. The van der Waals surface area contributed by atoms with Gasteiger partial charge in [0.1, 0.15) is 24.7 Å². The molecule has 0 bridgehead atoms. The number of ether oxygens (including phenoxy) is 4. The summed E-state index contributed by atoms with van der Waals surface area (Å²) in [4.78, 5) is 14.2. The monoisotopic (exact) mass is 532 g/mol. The zero-order valence-corrected chi connectivity index (χ0v) is 22.6. The summed E-state index contributed by atoms with van der Waals surface area (Å²) in [5.74, 6) is 3.45. The smallest absolute Gasteiger partial charge is 0.227 e. The largest absolute Gasteiger partial charge is 0.494 e. The van der Waals surface area contributed by atoms with Crippen LogP contribution < -0.4 is 34.5 Å². The Kier molecular flexibility index (Phi) is 7.55. The first-order valence-electron chi connectivity index (χ1n) is 13.7. The first kappa shape index (κ1) is 25.5. The lowest BCUT2D eigenvalue weighted by Crippen LogP contribution is -2.52. The van der Waals surface area contributed by atoms with Crippen LogP contribution in [0.25, 0.3) is 11.3 Å². The number of nitrogens with one attached hydrogen (secondary N) is 2. The highest BCUT2D eigenvalue weighted by atomic mass is 16.6. The molecule has 10 nitrogen and oxygen atoms in total. The Morgan fingerprint density at radius 3 is 2.44 bits per heavy atom. The summed E-state index contributed by atoms with van der Waals surface area (Å²) in [5.41, 5.74) is 3.49. The van der Waals surface area contributed by atoms with E-state index in [4.69, 9.17) is 23.9 Å². The summed E-state index contributed by atoms with van der Waals surface area (Å²) < 4.78 is 23.0. The van der Waals surface area contributed by atoms with Crippen molar-refractivity contribution in [3.8, 4) is 34.3 Å². The van der Waals surface area contributed by atoms with Gasteiger partial charge in [0.25, 0.3) is 0 Å². The number of benzene rings is 2. The van der Waals surface area contributed by atoms with Gasteiger partial charge in [-0.15, -0.1) is 0 Å². The van der Waals surface area contributed by atoms with Gasteiger partial charge in [0.2, 0.25) is 5.95 Å². The molecule has 0 amide bonds. The third kappa shape index (κ3) is 5.53. The number of nitrogens with zero attached hydrogens (tertiary/aromatic N) is 4. The third-order valence-electron chi connectivity index (χ3n) is 7.71. The predicted molar refractivity (Wildman–Crippen MR) is 151 cm³/mol. The van der Waals surface area contributed by atoms with Gasteiger partial charge in [-0.2, -0.15) is 0 Å². The fraction of sp³-hybridized carbons (Fsp3) is 0.448. The first-order valence-corrected chi connectivity index (χ1v) is 13.7. The molecular weight excluding hydrogens is 496 g/mol. The summed E-state index contributed by atoms with van der Waals surface area (Å²) in [7, 11) is 3.39. The van der Waals surface area contributed by atoms with Crippen LogP contribution in [0.2, 0.25) is 0 Å². The molecule has 6 rings (SSSR count). The van der Waals surface area contributed by atoms with Gasteiger partial charge in [-0.05, 0) is 37.1 Å². The molecule has 10 heteroatoms. The highest BCUT2D eigenvalue weighted by Gasteiger charge is 2.27. The minimum Gasteiger partial charge on any atom is -0.494 e. The number of piperidine rings is 1. The number of hydrogen-bond donors (Lipinski definition) is 2. The van der Waals surface area contributed by atoms with Crippen LogP contribution >= 0.6 is 0 Å². The first-order chi connectivity index (χ1) is 19.2. The Morgan fingerprint density at radius 2 is 1.67 bits per heavy atom. The number of anilines is 3. The van der Waals surface area contributed by atoms with E-state index in [9.17, 15) is 0 Å². The van der Waals surface area contributed by atoms with E-state index in [0.29, 0.717) is 31.0 Å². The highest BCUT2D eigenvalue weighted by Crippen LogP contribution is 2.41. The van der Waals surface area contributed by atoms with Crippen molar-refractivity contribution in [2.24, 2.45) is 0 Å². The van der Waals surface area contributed by atoms with Gasteiger partial charge in [-0.3, -0.25) is 4.90 Å². The number of hydrogen-bond acceptors (Lipinski definition) is 10. The number of aromatic nitrogens is 2. The Labute approximate surface area is 229 Å². The standard InChI is InChI=1S/C29H36N6O4/c1-36-26-19-24(35-11-6-21(7-12-35)34-13-9-30-10-14-34)27(37-2)18-23(26)33-29-31-8-5-22(32-29)20-3-4-25-28(17-20)39-16-15-38-25/h3-5,8,17-19,21,30H,6-7,9-16H2,1-2H3,(H,31,32,33). The molecule has 2 saturated heterocycles. The molecule has 2 fully saturated rings. The van der Waals surface area contributed by atoms with Crippen LogP contribution in [0.1, 0.15) is 12.8 Å². The second kappa shape index (κ2) is 11.5. The zero-order valence-electron chi connectivity index (χ0n) is 22.6. The van der Waals surface area contributed by atoms with Crippen molar-refractivity contribution in [2.45, 2.75) is 18.9 Å². The number of fused-ring (bicyclic) bond motifs is 1. The molecule has 0 aliphatic carbocycles. The van der Waals surface area contributed by atoms with E-state index in [1.165, 1.54) is 0 Å². The van der Waals surface area contributed by atoms with Gasteiger partial charge in [0, 0.05) is 69.2 Å². The molecule has 3 aromatic rings. The molecule has 4 heterocycles. The number of piperazine rings is 1. The van der Waals surface area contributed by atoms with Crippen molar-refractivity contribution in [1.29, 1.82) is 0 Å². The van der Waals surface area contributed by atoms with Crippen molar-refractivity contribution in [2.75, 3.05) is 76.9 Å². The van der Waals surface area contributed by atoms with E-state index in [-0.39, 0.29) is 0 Å². The van der Waals surface area contributed by atoms with E-state index in [1.807, 2.05) is 30.3 Å². The number of methoxy groups -OCH3 is 2. The van der Waals surface area contributed by atoms with Gasteiger partial charge < -0.3 is 34.5 Å². The molecular formula is C29H36N6O4. The summed E-state index contributed by atoms with van der Waals surface area (Å²) >= 11 is 0. The lowest BCUT2D eigenvalue weighted by Gasteiger charge is -2.41. The molecule has 3 aliphatic rings. The average Bonchev–Trinajstić information content (AvgIpc) is 3.01. The molecule has 206 valence electrons. The minimum absolute atomic E-state index is 0.465. The van der Waals surface area contributed by atoms with Crippen LogP contribution in [0, 0.1) is 0 Å². The fourth-order valence-electron chi connectivity index (χ4n) is 5.65. The van der Waals surface area contributed by atoms with Crippen LogP contribution in [0.4, 0.5) is 17.3 Å². The normalized spacial score (nSPS) is 18.1. The summed E-state index contributed by atoms with van der Waals surface area (Å²) in [6.07, 6.45) is 4.03. The lowest BCUT2D eigenvalue weighted by molar-refractivity contribution is 0.150. The maximum atomic E-state index is 5.84. The second-order valence-electron chi connectivity index (χ2n) is 9.98. The molecule has 2 N–H and O–H groups in total. The minimum atomic E-state index is 0.465. The molecule has 0 spiro atoms. The quantitative estimate of drug-likeness (QED) is 0.471. The van der Waals surface area contributed by atoms with Gasteiger partial charge >= 0.3 is 0 Å². The average molecular weight is 533 g/mol. The van der Waals surface area contributed by atoms with Crippen LogP contribution in [0.3, 0.4) is 0 Å². The van der Waals surface area contributed by atoms with Crippen molar-refractivity contribution in [3.05, 3.63) is 42.6 Å². The topological polar surface area (TPSA) is 93.2 Å². The van der Waals surface area contributed by atoms with Crippen molar-refractivity contribution < 1.29 is 18.9 Å². The third-order valence-corrected chi connectivity index (χ3v) is 7.71. The zero-order chi connectivity index (χ0) is 26.6. The Morgan fingerprint density at radius 1 is 0.897 bits per heavy atom. The maximum Gasteiger partial charge on any atom is 0.227 e. The summed E-state index contributed by atoms with van der Waals surface area (Å²) in [6.45, 7) is 7.53. The summed E-state index contributed by atoms with van der Waals surface area (Å²) in [6, 6.07) is 12.4. The molecule has 39 heavy (non-hydrogen) atoms. The predicted octanol–water partition coefficient (Wildman–Crippen LogP) is 3.55. The number of rotatable bonds is 7. The van der Waals surface area contributed by atoms with E-state index in [0.717, 1.165) is 92.0 Å². The Bertz CT molecular complexity index is 1290. The molecule has 2 aromatic carbocycles. The summed E-state index contributed by atoms with van der Waals surface area (Å²) in [5, 5.41) is 6.79. The van der Waals surface area contributed by atoms with E-state index in [1.54, 1.807) is 20.4 Å². The van der Waals surface area contributed by atoms with Crippen LogP contribution in [-0.4, -0.2) is 87.6 Å². The lowest BCUT2D eigenvalue weighted by atomic mass is 10.0. The molecule has 0 atom stereocenters. The fourth-order valence-corrected chi connectivity index (χ4v) is 5.65. The van der Waals surface area contributed by atoms with Gasteiger partial charge in [-0.25, -0.2) is 9.97 Å². The van der Waals surface area contributed by atoms with Crippen LogP contribution in [0.15, 0.2) is 42.6 Å². The van der Waals surface area contributed by atoms with Gasteiger partial charge in [0.05, 0.1) is 31.3 Å². The van der Waals surface area contributed by atoms with Crippen molar-refractivity contribution in [1.82, 2.24) is 20.2 Å². The van der Waals surface area contributed by atoms with E-state index < -0.39 is 0 Å². The maximum absolute atomic E-state index is 5.84. The molecule has 1 aromatic heterocycles. The second-order valence-corrected chi connectivity index (χ2v) is 9.98. The van der Waals surface area contributed by atoms with Crippen LogP contribution in [0.5, 0.6) is 23.0 Å². The molecule has 0 unspecified atom stereocenters. The molecule has 0 saturated carbocycles. The van der Waals surface area contributed by atoms with Gasteiger partial charge in [0.15, 0.2) is 11.5 Å². The molecule has 3 aliphatic heterocycles. The van der Waals surface area contributed by atoms with E-state index in [2.05, 4.69) is 31.5 Å². The molecule has 0 radical (unpaired) electrons. The van der Waals surface area contributed by atoms with E-state index >= 15 is 0 Å². The Hall–Kier alpha value is -3.76. The van der Waals surface area contributed by atoms with Gasteiger partial charge in [-0.1, -0.05) is 0 Å². The van der Waals surface area contributed by atoms with Crippen molar-refractivity contribution in [3.63, 3.8) is 0 Å². The Balaban J connectivity index is 1.20.